The van der Waals surface area contributed by atoms with E-state index in [0.717, 1.165) is 11.2 Å². The zero-order chi connectivity index (χ0) is 19.8. The van der Waals surface area contributed by atoms with E-state index in [1.54, 1.807) is 0 Å². The van der Waals surface area contributed by atoms with Crippen LogP contribution in [0.3, 0.4) is 0 Å². The maximum absolute atomic E-state index is 12.6. The standard InChI is InChI=1S/C16H16N2O8S/c1-27(23,24)26-7-6-25-9-2-3-10-11(8-9)16(22)18(15(10)21)12-4-5-13(19)17-14(12)20/h2-3,8,12H,4-7H2,1H3,(H,17,19,20). The van der Waals surface area contributed by atoms with Gasteiger partial charge in [-0.2, -0.15) is 8.42 Å². The van der Waals surface area contributed by atoms with Crippen LogP contribution in [0.1, 0.15) is 33.6 Å². The Hall–Kier alpha value is -2.79. The van der Waals surface area contributed by atoms with Gasteiger partial charge in [-0.25, -0.2) is 0 Å². The lowest BCUT2D eigenvalue weighted by molar-refractivity contribution is -0.136. The van der Waals surface area contributed by atoms with Crippen molar-refractivity contribution in [3.05, 3.63) is 29.3 Å². The molecule has 4 amide bonds. The van der Waals surface area contributed by atoms with Crippen LogP contribution in [0.15, 0.2) is 18.2 Å². The Morgan fingerprint density at radius 3 is 2.48 bits per heavy atom. The molecule has 0 saturated carbocycles. The predicted octanol–water partition coefficient (Wildman–Crippen LogP) is -0.557. The Kier molecular flexibility index (Phi) is 4.98. The second-order valence-electron chi connectivity index (χ2n) is 6.03. The van der Waals surface area contributed by atoms with Crippen LogP contribution in [0, 0.1) is 0 Å². The number of amides is 4. The highest BCUT2D eigenvalue weighted by molar-refractivity contribution is 7.85. The number of imide groups is 2. The minimum atomic E-state index is -3.58. The normalized spacial score (nSPS) is 19.9. The minimum absolute atomic E-state index is 0.0402. The van der Waals surface area contributed by atoms with Crippen molar-refractivity contribution in [2.24, 2.45) is 0 Å². The second-order valence-corrected chi connectivity index (χ2v) is 7.67. The Balaban J connectivity index is 1.73. The lowest BCUT2D eigenvalue weighted by Gasteiger charge is -2.27. The number of hydrogen-bond donors (Lipinski definition) is 1. The van der Waals surface area contributed by atoms with Crippen molar-refractivity contribution in [3.8, 4) is 5.75 Å². The van der Waals surface area contributed by atoms with Gasteiger partial charge >= 0.3 is 0 Å². The van der Waals surface area contributed by atoms with E-state index in [2.05, 4.69) is 9.50 Å². The number of carbonyl (C=O) groups excluding carboxylic acids is 4. The molecule has 2 aliphatic rings. The molecule has 27 heavy (non-hydrogen) atoms. The Morgan fingerprint density at radius 1 is 1.11 bits per heavy atom. The van der Waals surface area contributed by atoms with Gasteiger partial charge in [0.25, 0.3) is 21.9 Å². The molecule has 1 atom stereocenters. The van der Waals surface area contributed by atoms with Crippen molar-refractivity contribution < 1.29 is 36.5 Å². The topological polar surface area (TPSA) is 136 Å². The van der Waals surface area contributed by atoms with Crippen molar-refractivity contribution in [3.63, 3.8) is 0 Å². The number of rotatable bonds is 6. The molecule has 0 radical (unpaired) electrons. The summed E-state index contributed by atoms with van der Waals surface area (Å²) in [5.41, 5.74) is 0.204. The fourth-order valence-electron chi connectivity index (χ4n) is 2.88. The van der Waals surface area contributed by atoms with Crippen LogP contribution < -0.4 is 10.1 Å². The van der Waals surface area contributed by atoms with Gasteiger partial charge in [0, 0.05) is 6.42 Å². The van der Waals surface area contributed by atoms with Crippen LogP contribution >= 0.6 is 0 Å². The average Bonchev–Trinajstić information content (AvgIpc) is 2.82. The molecule has 0 spiro atoms. The van der Waals surface area contributed by atoms with Crippen molar-refractivity contribution >= 4 is 33.7 Å². The van der Waals surface area contributed by atoms with Crippen molar-refractivity contribution in [2.45, 2.75) is 18.9 Å². The lowest BCUT2D eigenvalue weighted by atomic mass is 10.0. The maximum atomic E-state index is 12.6. The van der Waals surface area contributed by atoms with Crippen molar-refractivity contribution in [2.75, 3.05) is 19.5 Å². The molecule has 11 heteroatoms. The smallest absolute Gasteiger partial charge is 0.264 e. The fraction of sp³-hybridized carbons (Fsp3) is 0.375. The third-order valence-corrected chi connectivity index (χ3v) is 4.66. The van der Waals surface area contributed by atoms with E-state index in [1.165, 1.54) is 18.2 Å². The number of nitrogens with one attached hydrogen (secondary N) is 1. The SMILES string of the molecule is CS(=O)(=O)OCCOc1ccc2c(c1)C(=O)N(C1CCC(=O)NC1=O)C2=O. The van der Waals surface area contributed by atoms with Crippen LogP contribution in [0.4, 0.5) is 0 Å². The molecule has 1 aromatic carbocycles. The van der Waals surface area contributed by atoms with Gasteiger partial charge < -0.3 is 4.74 Å². The Labute approximate surface area is 154 Å². The molecular formula is C16H16N2O8S. The number of carbonyl (C=O) groups is 4. The average molecular weight is 396 g/mol. The maximum Gasteiger partial charge on any atom is 0.264 e. The van der Waals surface area contributed by atoms with E-state index in [0.29, 0.717) is 0 Å². The van der Waals surface area contributed by atoms with Crippen LogP contribution in [0.25, 0.3) is 0 Å². The zero-order valence-electron chi connectivity index (χ0n) is 14.3. The first-order valence-corrected chi connectivity index (χ1v) is 9.82. The van der Waals surface area contributed by atoms with Crippen LogP contribution in [0.2, 0.25) is 0 Å². The first kappa shape index (κ1) is 19.0. The van der Waals surface area contributed by atoms with E-state index in [-0.39, 0.29) is 42.9 Å². The van der Waals surface area contributed by atoms with Crippen molar-refractivity contribution in [1.29, 1.82) is 0 Å². The molecule has 1 saturated heterocycles. The van der Waals surface area contributed by atoms with Gasteiger partial charge in [0.1, 0.15) is 25.0 Å². The summed E-state index contributed by atoms with van der Waals surface area (Å²) < 4.78 is 31.7. The summed E-state index contributed by atoms with van der Waals surface area (Å²) in [5, 5.41) is 2.12. The molecule has 144 valence electrons. The van der Waals surface area contributed by atoms with E-state index in [1.807, 2.05) is 0 Å². The van der Waals surface area contributed by atoms with E-state index in [4.69, 9.17) is 4.74 Å². The number of fused-ring (bicyclic) bond motifs is 1. The summed E-state index contributed by atoms with van der Waals surface area (Å²) in [6, 6.07) is 3.16. The largest absolute Gasteiger partial charge is 0.491 e. The quantitative estimate of drug-likeness (QED) is 0.384. The van der Waals surface area contributed by atoms with Crippen molar-refractivity contribution in [1.82, 2.24) is 10.2 Å². The third kappa shape index (κ3) is 3.98. The first-order valence-electron chi connectivity index (χ1n) is 8.00. The highest BCUT2D eigenvalue weighted by Crippen LogP contribution is 2.30. The van der Waals surface area contributed by atoms with Gasteiger partial charge in [-0.15, -0.1) is 0 Å². The van der Waals surface area contributed by atoms with Gasteiger partial charge in [0.2, 0.25) is 11.8 Å². The van der Waals surface area contributed by atoms with Gasteiger partial charge in [-0.1, -0.05) is 0 Å². The molecule has 2 aliphatic heterocycles. The summed E-state index contributed by atoms with van der Waals surface area (Å²) in [6.07, 6.45) is 1.02. The number of hydrogen-bond acceptors (Lipinski definition) is 8. The van der Waals surface area contributed by atoms with Crippen LogP contribution in [-0.4, -0.2) is 62.5 Å². The first-order chi connectivity index (χ1) is 12.7. The summed E-state index contributed by atoms with van der Waals surface area (Å²) in [7, 11) is -3.58. The summed E-state index contributed by atoms with van der Waals surface area (Å²) in [6.45, 7) is -0.282. The zero-order valence-corrected chi connectivity index (χ0v) is 15.1. The molecule has 0 aromatic heterocycles. The van der Waals surface area contributed by atoms with Gasteiger partial charge in [-0.3, -0.25) is 33.6 Å². The van der Waals surface area contributed by atoms with E-state index >= 15 is 0 Å². The molecule has 0 bridgehead atoms. The van der Waals surface area contributed by atoms with Gasteiger partial charge in [0.15, 0.2) is 0 Å². The molecular weight excluding hydrogens is 380 g/mol. The van der Waals surface area contributed by atoms with Gasteiger partial charge in [0.05, 0.1) is 17.4 Å². The highest BCUT2D eigenvalue weighted by atomic mass is 32.2. The van der Waals surface area contributed by atoms with Gasteiger partial charge in [-0.05, 0) is 24.6 Å². The molecule has 2 heterocycles. The summed E-state index contributed by atoms with van der Waals surface area (Å²) >= 11 is 0. The molecule has 3 rings (SSSR count). The minimum Gasteiger partial charge on any atom is -0.491 e. The predicted molar refractivity (Wildman–Crippen MR) is 89.4 cm³/mol. The summed E-state index contributed by atoms with van der Waals surface area (Å²) in [5.74, 6) is -2.15. The van der Waals surface area contributed by atoms with E-state index < -0.39 is 39.8 Å². The van der Waals surface area contributed by atoms with Crippen LogP contribution in [0.5, 0.6) is 5.75 Å². The fourth-order valence-corrected chi connectivity index (χ4v) is 3.26. The Morgan fingerprint density at radius 2 is 1.81 bits per heavy atom. The van der Waals surface area contributed by atoms with Crippen LogP contribution in [-0.2, 0) is 23.9 Å². The number of nitrogens with zero attached hydrogens (tertiary/aromatic N) is 1. The molecule has 1 unspecified atom stereocenters. The highest BCUT2D eigenvalue weighted by Gasteiger charge is 2.44. The number of benzene rings is 1. The molecule has 1 N–H and O–H groups in total. The third-order valence-electron chi connectivity index (χ3n) is 4.06. The molecule has 1 aromatic rings. The lowest BCUT2D eigenvalue weighted by Crippen LogP contribution is -2.54. The second kappa shape index (κ2) is 7.08. The molecule has 10 nitrogen and oxygen atoms in total. The Bertz CT molecular complexity index is 940. The molecule has 1 fully saturated rings. The van der Waals surface area contributed by atoms with E-state index in [9.17, 15) is 27.6 Å². The summed E-state index contributed by atoms with van der Waals surface area (Å²) in [4.78, 5) is 49.3. The molecule has 0 aliphatic carbocycles. The number of piperidine rings is 1. The monoisotopic (exact) mass is 396 g/mol. The number of ether oxygens (including phenoxy) is 1.